The molecule has 0 aliphatic heterocycles. The molecule has 3 atom stereocenters. The van der Waals surface area contributed by atoms with Crippen LogP contribution in [0.3, 0.4) is 0 Å². The molecule has 0 saturated heterocycles. The van der Waals surface area contributed by atoms with Crippen molar-refractivity contribution in [2.24, 2.45) is 23.7 Å². The molecule has 2 heteroatoms. The molecule has 3 aliphatic carbocycles. The van der Waals surface area contributed by atoms with E-state index in [0.717, 1.165) is 37.1 Å². The van der Waals surface area contributed by atoms with Crippen LogP contribution in [0.2, 0.25) is 0 Å². The molecule has 0 aromatic heterocycles. The average Bonchev–Trinajstić information content (AvgIpc) is 3.29. The van der Waals surface area contributed by atoms with Gasteiger partial charge in [0, 0.05) is 12.5 Å². The van der Waals surface area contributed by atoms with Gasteiger partial charge in [-0.3, -0.25) is 4.79 Å². The highest BCUT2D eigenvalue weighted by Crippen LogP contribution is 2.49. The number of carbonyl (C=O) groups excluding carboxylic acids is 1. The summed E-state index contributed by atoms with van der Waals surface area (Å²) in [4.78, 5) is 13.9. The van der Waals surface area contributed by atoms with Gasteiger partial charge in [-0.15, -0.1) is 0 Å². The van der Waals surface area contributed by atoms with E-state index >= 15 is 0 Å². The molecule has 18 heavy (non-hydrogen) atoms. The number of amides is 1. The summed E-state index contributed by atoms with van der Waals surface area (Å²) in [6.07, 6.45) is 13.7. The van der Waals surface area contributed by atoms with E-state index in [1.54, 1.807) is 6.20 Å². The van der Waals surface area contributed by atoms with Crippen LogP contribution in [-0.2, 0) is 4.79 Å². The fraction of sp³-hybridized carbons (Fsp3) is 0.688. The summed E-state index contributed by atoms with van der Waals surface area (Å²) < 4.78 is 0. The van der Waals surface area contributed by atoms with E-state index < -0.39 is 0 Å². The molecular weight excluding hydrogens is 222 g/mol. The standard InChI is InChI=1S/C16H23NO/c1-2-17(16(18)13-8-9-13)11-14-10-15(14)12-6-4-3-5-7-12/h2-4,12-15H,1,5-11H2. The van der Waals surface area contributed by atoms with Gasteiger partial charge >= 0.3 is 0 Å². The Balaban J connectivity index is 1.49. The molecule has 0 N–H and O–H groups in total. The van der Waals surface area contributed by atoms with Crippen LogP contribution in [0.5, 0.6) is 0 Å². The largest absolute Gasteiger partial charge is 0.319 e. The number of nitrogens with zero attached hydrogens (tertiary/aromatic N) is 1. The van der Waals surface area contributed by atoms with E-state index in [0.29, 0.717) is 11.8 Å². The lowest BCUT2D eigenvalue weighted by Crippen LogP contribution is -2.29. The van der Waals surface area contributed by atoms with Gasteiger partial charge in [-0.2, -0.15) is 0 Å². The summed E-state index contributed by atoms with van der Waals surface area (Å²) in [5.74, 6) is 3.12. The molecule has 3 aliphatic rings. The zero-order valence-electron chi connectivity index (χ0n) is 11.1. The second-order valence-electron chi connectivity index (χ2n) is 6.15. The third kappa shape index (κ3) is 2.52. The number of hydrogen-bond donors (Lipinski definition) is 0. The molecule has 2 saturated carbocycles. The Hall–Kier alpha value is -1.05. The van der Waals surface area contributed by atoms with Gasteiger partial charge in [0.15, 0.2) is 0 Å². The van der Waals surface area contributed by atoms with Gasteiger partial charge in [0.2, 0.25) is 5.91 Å². The van der Waals surface area contributed by atoms with Crippen LogP contribution in [0.25, 0.3) is 0 Å². The van der Waals surface area contributed by atoms with Gasteiger partial charge in [0.05, 0.1) is 0 Å². The minimum Gasteiger partial charge on any atom is -0.319 e. The third-order valence-electron chi connectivity index (χ3n) is 4.75. The lowest BCUT2D eigenvalue weighted by Gasteiger charge is -2.21. The summed E-state index contributed by atoms with van der Waals surface area (Å²) in [6, 6.07) is 0. The second-order valence-corrected chi connectivity index (χ2v) is 6.15. The number of hydrogen-bond acceptors (Lipinski definition) is 1. The SMILES string of the molecule is C=CN(CC1CC1C1CC=CCC1)C(=O)C1CC1. The Labute approximate surface area is 110 Å². The van der Waals surface area contributed by atoms with Gasteiger partial charge in [-0.05, 0) is 62.5 Å². The lowest BCUT2D eigenvalue weighted by molar-refractivity contribution is -0.130. The first kappa shape index (κ1) is 12.0. The van der Waals surface area contributed by atoms with Crippen LogP contribution in [0.1, 0.15) is 38.5 Å². The van der Waals surface area contributed by atoms with E-state index in [9.17, 15) is 4.79 Å². The molecular formula is C16H23NO. The first-order chi connectivity index (χ1) is 8.79. The topological polar surface area (TPSA) is 20.3 Å². The molecule has 3 rings (SSSR count). The van der Waals surface area contributed by atoms with Crippen LogP contribution >= 0.6 is 0 Å². The summed E-state index contributed by atoms with van der Waals surface area (Å²) in [7, 11) is 0. The van der Waals surface area contributed by atoms with Crippen molar-refractivity contribution in [2.45, 2.75) is 38.5 Å². The van der Waals surface area contributed by atoms with Crippen molar-refractivity contribution >= 4 is 5.91 Å². The minimum absolute atomic E-state index is 0.317. The van der Waals surface area contributed by atoms with Gasteiger partial charge in [-0.25, -0.2) is 0 Å². The van der Waals surface area contributed by atoms with E-state index in [2.05, 4.69) is 18.7 Å². The molecule has 2 nitrogen and oxygen atoms in total. The van der Waals surface area contributed by atoms with Crippen LogP contribution in [-0.4, -0.2) is 17.4 Å². The van der Waals surface area contributed by atoms with Crippen LogP contribution in [0.15, 0.2) is 24.9 Å². The number of allylic oxidation sites excluding steroid dienone is 2. The fourth-order valence-electron chi connectivity index (χ4n) is 3.34. The van der Waals surface area contributed by atoms with Crippen LogP contribution in [0, 0.1) is 23.7 Å². The Morgan fingerprint density at radius 3 is 2.78 bits per heavy atom. The van der Waals surface area contributed by atoms with Crippen molar-refractivity contribution in [1.82, 2.24) is 4.90 Å². The van der Waals surface area contributed by atoms with Crippen molar-refractivity contribution in [3.63, 3.8) is 0 Å². The van der Waals surface area contributed by atoms with Crippen molar-refractivity contribution in [3.05, 3.63) is 24.9 Å². The Morgan fingerprint density at radius 2 is 2.17 bits per heavy atom. The maximum Gasteiger partial charge on any atom is 0.229 e. The second kappa shape index (κ2) is 4.91. The predicted octanol–water partition coefficient (Wildman–Crippen LogP) is 3.36. The summed E-state index contributed by atoms with van der Waals surface area (Å²) >= 11 is 0. The highest BCUT2D eigenvalue weighted by Gasteiger charge is 2.44. The normalized spacial score (nSPS) is 34.1. The highest BCUT2D eigenvalue weighted by molar-refractivity contribution is 5.81. The van der Waals surface area contributed by atoms with E-state index in [-0.39, 0.29) is 0 Å². The Bertz CT molecular complexity index is 369. The van der Waals surface area contributed by atoms with E-state index in [1.807, 2.05) is 4.90 Å². The predicted molar refractivity (Wildman–Crippen MR) is 72.7 cm³/mol. The summed E-state index contributed by atoms with van der Waals surface area (Å²) in [5.41, 5.74) is 0. The Kier molecular flexibility index (Phi) is 3.27. The van der Waals surface area contributed by atoms with Gasteiger partial charge < -0.3 is 4.90 Å². The lowest BCUT2D eigenvalue weighted by atomic mass is 9.89. The monoisotopic (exact) mass is 245 g/mol. The molecule has 2 fully saturated rings. The fourth-order valence-corrected chi connectivity index (χ4v) is 3.34. The van der Waals surface area contributed by atoms with E-state index in [4.69, 9.17) is 0 Å². The summed E-state index contributed by atoms with van der Waals surface area (Å²) in [5, 5.41) is 0. The third-order valence-corrected chi connectivity index (χ3v) is 4.75. The first-order valence-electron chi connectivity index (χ1n) is 7.37. The maximum atomic E-state index is 12.0. The van der Waals surface area contributed by atoms with Crippen molar-refractivity contribution < 1.29 is 4.79 Å². The van der Waals surface area contributed by atoms with Gasteiger partial charge in [-0.1, -0.05) is 18.7 Å². The molecule has 3 unspecified atom stereocenters. The maximum absolute atomic E-state index is 12.0. The minimum atomic E-state index is 0.317. The molecule has 1 amide bonds. The highest BCUT2D eigenvalue weighted by atomic mass is 16.2. The van der Waals surface area contributed by atoms with Crippen LogP contribution < -0.4 is 0 Å². The van der Waals surface area contributed by atoms with Crippen molar-refractivity contribution in [2.75, 3.05) is 6.54 Å². The molecule has 98 valence electrons. The molecule has 0 radical (unpaired) electrons. The number of rotatable bonds is 5. The molecule has 0 heterocycles. The zero-order chi connectivity index (χ0) is 12.5. The van der Waals surface area contributed by atoms with E-state index in [1.165, 1.54) is 25.7 Å². The van der Waals surface area contributed by atoms with Gasteiger partial charge in [0.1, 0.15) is 0 Å². The molecule has 0 aromatic carbocycles. The number of carbonyl (C=O) groups is 1. The molecule has 0 bridgehead atoms. The Morgan fingerprint density at radius 1 is 1.33 bits per heavy atom. The van der Waals surface area contributed by atoms with Crippen molar-refractivity contribution in [3.8, 4) is 0 Å². The molecule has 0 aromatic rings. The zero-order valence-corrected chi connectivity index (χ0v) is 11.1. The molecule has 0 spiro atoms. The quantitative estimate of drug-likeness (QED) is 0.680. The van der Waals surface area contributed by atoms with Crippen LogP contribution in [0.4, 0.5) is 0 Å². The first-order valence-corrected chi connectivity index (χ1v) is 7.37. The smallest absolute Gasteiger partial charge is 0.229 e. The average molecular weight is 245 g/mol. The van der Waals surface area contributed by atoms with Crippen molar-refractivity contribution in [1.29, 1.82) is 0 Å². The van der Waals surface area contributed by atoms with Gasteiger partial charge in [0.25, 0.3) is 0 Å². The summed E-state index contributed by atoms with van der Waals surface area (Å²) in [6.45, 7) is 4.72.